The Morgan fingerprint density at radius 2 is 2.23 bits per heavy atom. The second-order valence-corrected chi connectivity index (χ2v) is 8.43. The van der Waals surface area contributed by atoms with Gasteiger partial charge in [-0.1, -0.05) is 6.07 Å². The van der Waals surface area contributed by atoms with Gasteiger partial charge >= 0.3 is 0 Å². The Morgan fingerprint density at radius 1 is 1.42 bits per heavy atom. The van der Waals surface area contributed by atoms with Gasteiger partial charge in [0, 0.05) is 37.6 Å². The van der Waals surface area contributed by atoms with Crippen LogP contribution >= 0.6 is 11.8 Å². The summed E-state index contributed by atoms with van der Waals surface area (Å²) in [6.07, 6.45) is 4.88. The van der Waals surface area contributed by atoms with E-state index in [0.29, 0.717) is 12.6 Å². The Hall–Kier alpha value is -1.47. The standard InChI is InChI=1S/C19H31N5OS/c1-3-20-18(22-13-19(25)8-11-26-14-19)23-16-6-9-24(10-7-16)17-5-4-15(2)12-21-17/h4-5,12,16,25H,3,6-11,13-14H2,1-2H3,(H2,20,22,23). The molecule has 6 nitrogen and oxygen atoms in total. The molecule has 26 heavy (non-hydrogen) atoms. The summed E-state index contributed by atoms with van der Waals surface area (Å²) in [6, 6.07) is 4.63. The van der Waals surface area contributed by atoms with E-state index >= 15 is 0 Å². The van der Waals surface area contributed by atoms with Gasteiger partial charge in [0.05, 0.1) is 12.1 Å². The molecule has 3 heterocycles. The van der Waals surface area contributed by atoms with Gasteiger partial charge in [-0.05, 0) is 50.5 Å². The van der Waals surface area contributed by atoms with Gasteiger partial charge in [-0.3, -0.25) is 4.99 Å². The average Bonchev–Trinajstić information content (AvgIpc) is 3.08. The van der Waals surface area contributed by atoms with Crippen molar-refractivity contribution in [3.8, 4) is 0 Å². The van der Waals surface area contributed by atoms with Crippen molar-refractivity contribution in [3.05, 3.63) is 23.9 Å². The van der Waals surface area contributed by atoms with Crippen LogP contribution < -0.4 is 15.5 Å². The van der Waals surface area contributed by atoms with Crippen molar-refractivity contribution >= 4 is 23.5 Å². The van der Waals surface area contributed by atoms with Crippen LogP contribution in [-0.4, -0.2) is 65.4 Å². The lowest BCUT2D eigenvalue weighted by molar-refractivity contribution is 0.0778. The first-order valence-corrected chi connectivity index (χ1v) is 10.8. The van der Waals surface area contributed by atoms with E-state index in [4.69, 9.17) is 0 Å². The van der Waals surface area contributed by atoms with Crippen molar-refractivity contribution < 1.29 is 5.11 Å². The summed E-state index contributed by atoms with van der Waals surface area (Å²) in [4.78, 5) is 11.5. The molecule has 0 spiro atoms. The number of pyridine rings is 1. The van der Waals surface area contributed by atoms with E-state index in [-0.39, 0.29) is 0 Å². The minimum atomic E-state index is -0.631. The lowest BCUT2D eigenvalue weighted by Gasteiger charge is -2.34. The third-order valence-electron chi connectivity index (χ3n) is 5.01. The molecule has 0 amide bonds. The molecule has 1 aromatic rings. The number of nitrogens with one attached hydrogen (secondary N) is 2. The maximum Gasteiger partial charge on any atom is 0.191 e. The molecular formula is C19H31N5OS. The molecule has 3 N–H and O–H groups in total. The molecule has 3 rings (SSSR count). The fraction of sp³-hybridized carbons (Fsp3) is 0.684. The number of aryl methyl sites for hydroxylation is 1. The summed E-state index contributed by atoms with van der Waals surface area (Å²) in [6.45, 7) is 7.42. The number of anilines is 1. The van der Waals surface area contributed by atoms with E-state index in [2.05, 4.69) is 51.5 Å². The molecule has 2 aliphatic heterocycles. The Morgan fingerprint density at radius 3 is 2.85 bits per heavy atom. The summed E-state index contributed by atoms with van der Waals surface area (Å²) in [5.74, 6) is 3.71. The molecular weight excluding hydrogens is 346 g/mol. The first kappa shape index (κ1) is 19.3. The zero-order valence-electron chi connectivity index (χ0n) is 15.9. The molecule has 2 saturated heterocycles. The first-order valence-electron chi connectivity index (χ1n) is 9.60. The monoisotopic (exact) mass is 377 g/mol. The van der Waals surface area contributed by atoms with Gasteiger partial charge in [0.25, 0.3) is 0 Å². The van der Waals surface area contributed by atoms with Crippen molar-refractivity contribution in [2.75, 3.05) is 42.6 Å². The summed E-state index contributed by atoms with van der Waals surface area (Å²) >= 11 is 1.81. The van der Waals surface area contributed by atoms with Crippen molar-refractivity contribution in [2.45, 2.75) is 44.8 Å². The molecule has 7 heteroatoms. The van der Waals surface area contributed by atoms with E-state index in [1.807, 2.05) is 18.0 Å². The third kappa shape index (κ3) is 5.27. The van der Waals surface area contributed by atoms with E-state index in [9.17, 15) is 5.11 Å². The smallest absolute Gasteiger partial charge is 0.191 e. The topological polar surface area (TPSA) is 72.8 Å². The molecule has 1 atom stereocenters. The minimum absolute atomic E-state index is 0.405. The number of guanidine groups is 1. The number of nitrogens with zero attached hydrogens (tertiary/aromatic N) is 3. The van der Waals surface area contributed by atoms with Crippen molar-refractivity contribution in [2.24, 2.45) is 4.99 Å². The van der Waals surface area contributed by atoms with Crippen LogP contribution in [0, 0.1) is 6.92 Å². The third-order valence-corrected chi connectivity index (χ3v) is 6.25. The number of thioether (sulfide) groups is 1. The van der Waals surface area contributed by atoms with E-state index in [1.54, 1.807) is 0 Å². The number of piperidine rings is 1. The van der Waals surface area contributed by atoms with Crippen molar-refractivity contribution in [1.29, 1.82) is 0 Å². The van der Waals surface area contributed by atoms with Crippen LogP contribution in [0.15, 0.2) is 23.3 Å². The van der Waals surface area contributed by atoms with Crippen LogP contribution in [0.4, 0.5) is 5.82 Å². The second-order valence-electron chi connectivity index (χ2n) is 7.32. The number of rotatable bonds is 5. The van der Waals surface area contributed by atoms with Gasteiger partial charge < -0.3 is 20.6 Å². The van der Waals surface area contributed by atoms with Gasteiger partial charge in [0.2, 0.25) is 0 Å². The lowest BCUT2D eigenvalue weighted by Crippen LogP contribution is -2.49. The highest BCUT2D eigenvalue weighted by molar-refractivity contribution is 7.99. The summed E-state index contributed by atoms with van der Waals surface area (Å²) < 4.78 is 0. The summed E-state index contributed by atoms with van der Waals surface area (Å²) in [5, 5.41) is 17.4. The number of hydrogen-bond acceptors (Lipinski definition) is 5. The molecule has 1 unspecified atom stereocenters. The zero-order chi connectivity index (χ0) is 18.4. The molecule has 0 aromatic carbocycles. The van der Waals surface area contributed by atoms with Crippen LogP contribution in [-0.2, 0) is 0 Å². The van der Waals surface area contributed by atoms with Gasteiger partial charge in [-0.25, -0.2) is 4.98 Å². The lowest BCUT2D eigenvalue weighted by atomic mass is 10.0. The predicted octanol–water partition coefficient (Wildman–Crippen LogP) is 1.78. The van der Waals surface area contributed by atoms with Gasteiger partial charge in [-0.15, -0.1) is 0 Å². The molecule has 2 aliphatic rings. The number of aromatic nitrogens is 1. The Balaban J connectivity index is 1.51. The van der Waals surface area contributed by atoms with Crippen LogP contribution in [0.5, 0.6) is 0 Å². The highest BCUT2D eigenvalue weighted by atomic mass is 32.2. The number of aliphatic hydroxyl groups is 1. The average molecular weight is 378 g/mol. The number of hydrogen-bond donors (Lipinski definition) is 3. The molecule has 0 radical (unpaired) electrons. The molecule has 0 aliphatic carbocycles. The van der Waals surface area contributed by atoms with Gasteiger partial charge in [0.15, 0.2) is 5.96 Å². The minimum Gasteiger partial charge on any atom is -0.387 e. The van der Waals surface area contributed by atoms with Gasteiger partial charge in [-0.2, -0.15) is 11.8 Å². The first-order chi connectivity index (χ1) is 12.6. The molecule has 0 saturated carbocycles. The maximum atomic E-state index is 10.5. The quantitative estimate of drug-likeness (QED) is 0.537. The Bertz CT molecular complexity index is 592. The molecule has 0 bridgehead atoms. The normalized spacial score (nSPS) is 24.7. The Labute approximate surface area is 160 Å². The van der Waals surface area contributed by atoms with Crippen LogP contribution in [0.25, 0.3) is 0 Å². The van der Waals surface area contributed by atoms with E-state index in [1.165, 1.54) is 5.56 Å². The van der Waals surface area contributed by atoms with Crippen molar-refractivity contribution in [1.82, 2.24) is 15.6 Å². The summed E-state index contributed by atoms with van der Waals surface area (Å²) in [7, 11) is 0. The van der Waals surface area contributed by atoms with Gasteiger partial charge in [0.1, 0.15) is 5.82 Å². The fourth-order valence-electron chi connectivity index (χ4n) is 3.36. The predicted molar refractivity (Wildman–Crippen MR) is 110 cm³/mol. The van der Waals surface area contributed by atoms with Crippen molar-refractivity contribution in [3.63, 3.8) is 0 Å². The highest BCUT2D eigenvalue weighted by Gasteiger charge is 2.31. The van der Waals surface area contributed by atoms with E-state index in [0.717, 1.165) is 62.2 Å². The maximum absolute atomic E-state index is 10.5. The second kappa shape index (κ2) is 8.95. The van der Waals surface area contributed by atoms with Crippen LogP contribution in [0.1, 0.15) is 31.7 Å². The molecule has 2 fully saturated rings. The fourth-order valence-corrected chi connectivity index (χ4v) is 4.64. The number of aliphatic imine (C=N–C) groups is 1. The molecule has 1 aromatic heterocycles. The zero-order valence-corrected chi connectivity index (χ0v) is 16.7. The Kier molecular flexibility index (Phi) is 6.64. The summed E-state index contributed by atoms with van der Waals surface area (Å²) in [5.41, 5.74) is 0.562. The largest absolute Gasteiger partial charge is 0.387 e. The SMILES string of the molecule is CCNC(=NCC1(O)CCSC1)NC1CCN(c2ccc(C)cn2)CC1. The van der Waals surface area contributed by atoms with Crippen LogP contribution in [0.2, 0.25) is 0 Å². The highest BCUT2D eigenvalue weighted by Crippen LogP contribution is 2.27. The molecule has 144 valence electrons. The van der Waals surface area contributed by atoms with E-state index < -0.39 is 5.60 Å². The van der Waals surface area contributed by atoms with Crippen LogP contribution in [0.3, 0.4) is 0 Å².